The van der Waals surface area contributed by atoms with Gasteiger partial charge in [-0.15, -0.1) is 11.8 Å². The molecule has 1 fully saturated rings. The molecule has 1 aromatic carbocycles. The van der Waals surface area contributed by atoms with Gasteiger partial charge in [-0.05, 0) is 62.6 Å². The molecule has 0 spiro atoms. The molecule has 0 atom stereocenters. The summed E-state index contributed by atoms with van der Waals surface area (Å²) >= 11 is 1.71. The first-order chi connectivity index (χ1) is 12.7. The molecular weight excluding hydrogens is 351 g/mol. The standard InChI is InChI=1S/C19H29FN4OS/c1-2-21-19(22-12-3-5-18(25)24-16-8-9-16)23-13-4-14-26-17-10-6-15(20)7-11-17/h6-7,10-11,16H,2-5,8-9,12-14H2,1H3,(H,24,25)(H2,21,22,23). The maximum Gasteiger partial charge on any atom is 0.220 e. The van der Waals surface area contributed by atoms with E-state index in [4.69, 9.17) is 0 Å². The largest absolute Gasteiger partial charge is 0.357 e. The highest BCUT2D eigenvalue weighted by molar-refractivity contribution is 7.99. The molecule has 0 aliphatic heterocycles. The van der Waals surface area contributed by atoms with Crippen LogP contribution in [0.3, 0.4) is 0 Å². The normalized spacial score (nSPS) is 14.2. The number of aliphatic imine (C=N–C) groups is 1. The molecule has 0 aromatic heterocycles. The molecule has 1 aliphatic rings. The second-order valence-corrected chi connectivity index (χ2v) is 7.46. The van der Waals surface area contributed by atoms with E-state index in [2.05, 4.69) is 20.9 Å². The molecule has 0 heterocycles. The predicted molar refractivity (Wildman–Crippen MR) is 106 cm³/mol. The fourth-order valence-corrected chi connectivity index (χ4v) is 3.14. The molecule has 26 heavy (non-hydrogen) atoms. The number of rotatable bonds is 11. The van der Waals surface area contributed by atoms with Gasteiger partial charge in [0.25, 0.3) is 0 Å². The molecule has 7 heteroatoms. The van der Waals surface area contributed by atoms with E-state index >= 15 is 0 Å². The molecule has 5 nitrogen and oxygen atoms in total. The Hall–Kier alpha value is -1.76. The summed E-state index contributed by atoms with van der Waals surface area (Å²) in [6.07, 6.45) is 4.55. The minimum absolute atomic E-state index is 0.147. The van der Waals surface area contributed by atoms with Crippen molar-refractivity contribution < 1.29 is 9.18 Å². The summed E-state index contributed by atoms with van der Waals surface area (Å²) in [5, 5.41) is 9.48. The first-order valence-corrected chi connectivity index (χ1v) is 10.4. The molecule has 1 amide bonds. The molecule has 1 aliphatic carbocycles. The van der Waals surface area contributed by atoms with Crippen molar-refractivity contribution in [3.8, 4) is 0 Å². The first kappa shape index (κ1) is 20.6. The quantitative estimate of drug-likeness (QED) is 0.239. The van der Waals surface area contributed by atoms with Crippen LogP contribution in [-0.2, 0) is 4.79 Å². The number of benzene rings is 1. The van der Waals surface area contributed by atoms with E-state index in [0.29, 0.717) is 12.5 Å². The number of halogens is 1. The number of hydrogen-bond donors (Lipinski definition) is 3. The Morgan fingerprint density at radius 1 is 1.23 bits per heavy atom. The second-order valence-electron chi connectivity index (χ2n) is 6.29. The van der Waals surface area contributed by atoms with E-state index < -0.39 is 0 Å². The topological polar surface area (TPSA) is 65.5 Å². The van der Waals surface area contributed by atoms with Gasteiger partial charge in [-0.2, -0.15) is 0 Å². The Kier molecular flexibility index (Phi) is 9.31. The number of thioether (sulfide) groups is 1. The molecule has 0 saturated heterocycles. The van der Waals surface area contributed by atoms with Crippen LogP contribution >= 0.6 is 11.8 Å². The van der Waals surface area contributed by atoms with Crippen molar-refractivity contribution in [3.63, 3.8) is 0 Å². The van der Waals surface area contributed by atoms with E-state index in [-0.39, 0.29) is 11.7 Å². The summed E-state index contributed by atoms with van der Waals surface area (Å²) in [4.78, 5) is 17.3. The lowest BCUT2D eigenvalue weighted by Gasteiger charge is -2.11. The Morgan fingerprint density at radius 3 is 2.69 bits per heavy atom. The number of nitrogens with zero attached hydrogens (tertiary/aromatic N) is 1. The van der Waals surface area contributed by atoms with Gasteiger partial charge in [0.15, 0.2) is 5.96 Å². The van der Waals surface area contributed by atoms with E-state index in [1.54, 1.807) is 23.9 Å². The van der Waals surface area contributed by atoms with Gasteiger partial charge in [-0.1, -0.05) is 0 Å². The van der Waals surface area contributed by atoms with Crippen LogP contribution in [0.1, 0.15) is 39.0 Å². The van der Waals surface area contributed by atoms with Gasteiger partial charge in [0, 0.05) is 37.0 Å². The average molecular weight is 381 g/mol. The van der Waals surface area contributed by atoms with Crippen molar-refractivity contribution in [2.75, 3.05) is 25.4 Å². The van der Waals surface area contributed by atoms with Crippen LogP contribution in [0.25, 0.3) is 0 Å². The van der Waals surface area contributed by atoms with Gasteiger partial charge >= 0.3 is 0 Å². The van der Waals surface area contributed by atoms with Crippen LogP contribution < -0.4 is 16.0 Å². The highest BCUT2D eigenvalue weighted by atomic mass is 32.2. The van der Waals surface area contributed by atoms with Gasteiger partial charge in [0.2, 0.25) is 5.91 Å². The Balaban J connectivity index is 1.57. The zero-order valence-electron chi connectivity index (χ0n) is 15.4. The lowest BCUT2D eigenvalue weighted by molar-refractivity contribution is -0.121. The van der Waals surface area contributed by atoms with Gasteiger partial charge in [0.05, 0.1) is 0 Å². The molecule has 1 saturated carbocycles. The first-order valence-electron chi connectivity index (χ1n) is 9.37. The van der Waals surface area contributed by atoms with Crippen LogP contribution in [0.15, 0.2) is 34.2 Å². The van der Waals surface area contributed by atoms with Gasteiger partial charge in [-0.25, -0.2) is 4.39 Å². The minimum Gasteiger partial charge on any atom is -0.357 e. The maximum absolute atomic E-state index is 12.9. The SMILES string of the molecule is CCNC(=NCCCSc1ccc(F)cc1)NCCCC(=O)NC1CC1. The van der Waals surface area contributed by atoms with Crippen molar-refractivity contribution >= 4 is 23.6 Å². The zero-order chi connectivity index (χ0) is 18.6. The Bertz CT molecular complexity index is 575. The molecule has 2 rings (SSSR count). The molecule has 0 bridgehead atoms. The number of guanidine groups is 1. The van der Waals surface area contributed by atoms with E-state index in [1.165, 1.54) is 12.1 Å². The number of amides is 1. The van der Waals surface area contributed by atoms with Crippen LogP contribution in [0.5, 0.6) is 0 Å². The number of carbonyl (C=O) groups is 1. The Labute approximate surface area is 159 Å². The summed E-state index contributed by atoms with van der Waals surface area (Å²) in [6.45, 7) is 4.29. The summed E-state index contributed by atoms with van der Waals surface area (Å²) < 4.78 is 12.9. The third-order valence-corrected chi connectivity index (χ3v) is 4.91. The molecule has 3 N–H and O–H groups in total. The summed E-state index contributed by atoms with van der Waals surface area (Å²) in [5.41, 5.74) is 0. The van der Waals surface area contributed by atoms with Crippen LogP contribution in [0.4, 0.5) is 4.39 Å². The smallest absolute Gasteiger partial charge is 0.220 e. The van der Waals surface area contributed by atoms with E-state index in [0.717, 1.165) is 61.9 Å². The molecule has 144 valence electrons. The average Bonchev–Trinajstić information content (AvgIpc) is 3.43. The molecule has 0 radical (unpaired) electrons. The van der Waals surface area contributed by atoms with Gasteiger partial charge in [-0.3, -0.25) is 9.79 Å². The monoisotopic (exact) mass is 380 g/mol. The van der Waals surface area contributed by atoms with Crippen LogP contribution in [0.2, 0.25) is 0 Å². The van der Waals surface area contributed by atoms with Crippen LogP contribution in [-0.4, -0.2) is 43.3 Å². The van der Waals surface area contributed by atoms with Crippen molar-refractivity contribution in [2.45, 2.75) is 50.0 Å². The second kappa shape index (κ2) is 11.8. The molecule has 0 unspecified atom stereocenters. The van der Waals surface area contributed by atoms with Crippen molar-refractivity contribution in [1.29, 1.82) is 0 Å². The lowest BCUT2D eigenvalue weighted by Crippen LogP contribution is -2.38. The molecule has 1 aromatic rings. The van der Waals surface area contributed by atoms with Gasteiger partial charge < -0.3 is 16.0 Å². The van der Waals surface area contributed by atoms with Crippen LogP contribution in [0, 0.1) is 5.82 Å². The number of hydrogen-bond acceptors (Lipinski definition) is 3. The summed E-state index contributed by atoms with van der Waals surface area (Å²) in [5.74, 6) is 1.68. The Morgan fingerprint density at radius 2 is 2.00 bits per heavy atom. The van der Waals surface area contributed by atoms with Crippen molar-refractivity contribution in [1.82, 2.24) is 16.0 Å². The fourth-order valence-electron chi connectivity index (χ4n) is 2.30. The van der Waals surface area contributed by atoms with E-state index in [9.17, 15) is 9.18 Å². The summed E-state index contributed by atoms with van der Waals surface area (Å²) in [6, 6.07) is 7.00. The zero-order valence-corrected chi connectivity index (χ0v) is 16.2. The van der Waals surface area contributed by atoms with Crippen molar-refractivity contribution in [2.24, 2.45) is 4.99 Å². The third-order valence-electron chi connectivity index (χ3n) is 3.81. The fraction of sp³-hybridized carbons (Fsp3) is 0.579. The minimum atomic E-state index is -0.203. The van der Waals surface area contributed by atoms with Crippen molar-refractivity contribution in [3.05, 3.63) is 30.1 Å². The maximum atomic E-state index is 12.9. The van der Waals surface area contributed by atoms with E-state index in [1.807, 2.05) is 6.92 Å². The predicted octanol–water partition coefficient (Wildman–Crippen LogP) is 2.92. The highest BCUT2D eigenvalue weighted by Crippen LogP contribution is 2.19. The third kappa shape index (κ3) is 9.08. The number of carbonyl (C=O) groups excluding carboxylic acids is 1. The highest BCUT2D eigenvalue weighted by Gasteiger charge is 2.22. The molecular formula is C19H29FN4OS. The van der Waals surface area contributed by atoms with Gasteiger partial charge in [0.1, 0.15) is 5.82 Å². The number of nitrogens with one attached hydrogen (secondary N) is 3. The summed E-state index contributed by atoms with van der Waals surface area (Å²) in [7, 11) is 0. The lowest BCUT2D eigenvalue weighted by atomic mass is 10.3.